The molecule has 0 N–H and O–H groups in total. The molecule has 3 aliphatic heterocycles. The van der Waals surface area contributed by atoms with Crippen LogP contribution >= 0.6 is 11.6 Å². The average Bonchev–Trinajstić information content (AvgIpc) is 2.91. The van der Waals surface area contributed by atoms with Crippen molar-refractivity contribution in [1.29, 1.82) is 0 Å². The summed E-state index contributed by atoms with van der Waals surface area (Å²) in [7, 11) is 0. The van der Waals surface area contributed by atoms with Gasteiger partial charge in [-0.2, -0.15) is 0 Å². The van der Waals surface area contributed by atoms with E-state index < -0.39 is 5.82 Å². The van der Waals surface area contributed by atoms with Gasteiger partial charge in [-0.25, -0.2) is 4.39 Å². The molecule has 3 saturated heterocycles. The first kappa shape index (κ1) is 17.4. The predicted octanol–water partition coefficient (Wildman–Crippen LogP) is 3.61. The van der Waals surface area contributed by atoms with Crippen molar-refractivity contribution in [3.8, 4) is 0 Å². The maximum Gasteiger partial charge on any atom is 0.254 e. The standard InChI is InChI=1S/C20H21ClFN3O/c21-16-7-15(8-17(22)9-16)20(26)25-11-14-4-5-19(25)13-24(10-14)12-18-3-1-2-6-23-18/h1-3,6-9,14,19H,4-5,10-13H2. The highest BCUT2D eigenvalue weighted by Gasteiger charge is 2.37. The van der Waals surface area contributed by atoms with E-state index in [0.717, 1.165) is 44.7 Å². The van der Waals surface area contributed by atoms with Crippen LogP contribution in [0.2, 0.25) is 5.02 Å². The van der Waals surface area contributed by atoms with Crippen LogP contribution in [0.4, 0.5) is 4.39 Å². The molecule has 0 saturated carbocycles. The zero-order chi connectivity index (χ0) is 18.1. The third-order valence-corrected chi connectivity index (χ3v) is 5.49. The first-order chi connectivity index (χ1) is 12.6. The summed E-state index contributed by atoms with van der Waals surface area (Å²) in [4.78, 5) is 21.7. The van der Waals surface area contributed by atoms with Gasteiger partial charge >= 0.3 is 0 Å². The molecule has 4 heterocycles. The fourth-order valence-electron chi connectivity index (χ4n) is 4.12. The molecular weight excluding hydrogens is 353 g/mol. The number of carbonyl (C=O) groups is 1. The van der Waals surface area contributed by atoms with Crippen LogP contribution in [-0.2, 0) is 6.54 Å². The summed E-state index contributed by atoms with van der Waals surface area (Å²) in [5.41, 5.74) is 1.38. The van der Waals surface area contributed by atoms with Gasteiger partial charge in [0, 0.05) is 49.0 Å². The minimum atomic E-state index is -0.474. The summed E-state index contributed by atoms with van der Waals surface area (Å²) < 4.78 is 13.7. The van der Waals surface area contributed by atoms with Gasteiger partial charge in [0.15, 0.2) is 0 Å². The fraction of sp³-hybridized carbons (Fsp3) is 0.400. The third kappa shape index (κ3) is 3.74. The van der Waals surface area contributed by atoms with Crippen LogP contribution in [0.25, 0.3) is 0 Å². The van der Waals surface area contributed by atoms with Crippen LogP contribution in [-0.4, -0.2) is 46.4 Å². The molecule has 136 valence electrons. The maximum absolute atomic E-state index is 13.7. The number of hydrogen-bond donors (Lipinski definition) is 0. The summed E-state index contributed by atoms with van der Waals surface area (Å²) in [6.45, 7) is 3.29. The van der Waals surface area contributed by atoms with Crippen molar-refractivity contribution in [2.45, 2.75) is 25.4 Å². The number of amides is 1. The highest BCUT2D eigenvalue weighted by Crippen LogP contribution is 2.30. The van der Waals surface area contributed by atoms with Crippen molar-refractivity contribution in [3.63, 3.8) is 0 Å². The van der Waals surface area contributed by atoms with Crippen LogP contribution in [0, 0.1) is 11.7 Å². The van der Waals surface area contributed by atoms with Crippen molar-refractivity contribution >= 4 is 17.5 Å². The minimum Gasteiger partial charge on any atom is -0.334 e. The number of aromatic nitrogens is 1. The summed E-state index contributed by atoms with van der Waals surface area (Å²) >= 11 is 5.93. The molecule has 6 heteroatoms. The molecule has 0 aliphatic carbocycles. The molecule has 1 aromatic carbocycles. The summed E-state index contributed by atoms with van der Waals surface area (Å²) in [5.74, 6) is -0.163. The largest absolute Gasteiger partial charge is 0.334 e. The molecule has 2 atom stereocenters. The second kappa shape index (κ2) is 7.33. The Morgan fingerprint density at radius 1 is 1.19 bits per heavy atom. The van der Waals surface area contributed by atoms with Gasteiger partial charge in [0.1, 0.15) is 5.82 Å². The third-order valence-electron chi connectivity index (χ3n) is 5.27. The number of carbonyl (C=O) groups excluding carboxylic acids is 1. The lowest BCUT2D eigenvalue weighted by Crippen LogP contribution is -2.47. The first-order valence-electron chi connectivity index (χ1n) is 8.98. The molecule has 26 heavy (non-hydrogen) atoms. The Labute approximate surface area is 157 Å². The SMILES string of the molecule is O=C(c1cc(F)cc(Cl)c1)N1CC2CCC1CN(Cc1ccccn1)C2. The fourth-order valence-corrected chi connectivity index (χ4v) is 4.34. The van der Waals surface area contributed by atoms with Crippen molar-refractivity contribution in [3.05, 3.63) is 64.7 Å². The van der Waals surface area contributed by atoms with Crippen LogP contribution in [0.1, 0.15) is 28.9 Å². The molecule has 5 rings (SSSR count). The number of halogens is 2. The van der Waals surface area contributed by atoms with E-state index in [1.807, 2.05) is 29.3 Å². The van der Waals surface area contributed by atoms with Crippen molar-refractivity contribution in [1.82, 2.24) is 14.8 Å². The van der Waals surface area contributed by atoms with Crippen LogP contribution in [0.3, 0.4) is 0 Å². The molecule has 3 aliphatic rings. The van der Waals surface area contributed by atoms with Gasteiger partial charge < -0.3 is 4.90 Å². The smallest absolute Gasteiger partial charge is 0.254 e. The van der Waals surface area contributed by atoms with Gasteiger partial charge in [0.2, 0.25) is 0 Å². The molecule has 2 aromatic rings. The lowest BCUT2D eigenvalue weighted by Gasteiger charge is -2.36. The average molecular weight is 374 g/mol. The van der Waals surface area contributed by atoms with E-state index in [0.29, 0.717) is 11.5 Å². The molecular formula is C20H21ClFN3O. The lowest BCUT2D eigenvalue weighted by molar-refractivity contribution is 0.0584. The van der Waals surface area contributed by atoms with E-state index in [1.54, 1.807) is 6.07 Å². The zero-order valence-corrected chi connectivity index (χ0v) is 15.2. The van der Waals surface area contributed by atoms with E-state index in [1.165, 1.54) is 12.1 Å². The Hall–Kier alpha value is -1.98. The molecule has 0 radical (unpaired) electrons. The molecule has 3 fully saturated rings. The number of hydrogen-bond acceptors (Lipinski definition) is 3. The highest BCUT2D eigenvalue weighted by atomic mass is 35.5. The van der Waals surface area contributed by atoms with E-state index in [2.05, 4.69) is 9.88 Å². The number of benzene rings is 1. The Morgan fingerprint density at radius 2 is 2.08 bits per heavy atom. The molecule has 0 spiro atoms. The topological polar surface area (TPSA) is 36.4 Å². The van der Waals surface area contributed by atoms with Crippen LogP contribution in [0.15, 0.2) is 42.6 Å². The molecule has 1 aromatic heterocycles. The lowest BCUT2D eigenvalue weighted by atomic mass is 9.94. The maximum atomic E-state index is 13.7. The zero-order valence-electron chi connectivity index (χ0n) is 14.4. The van der Waals surface area contributed by atoms with Gasteiger partial charge in [0.05, 0.1) is 5.69 Å². The van der Waals surface area contributed by atoms with Crippen molar-refractivity contribution < 1.29 is 9.18 Å². The summed E-state index contributed by atoms with van der Waals surface area (Å²) in [6.07, 6.45) is 3.92. The Bertz CT molecular complexity index is 781. The van der Waals surface area contributed by atoms with Crippen LogP contribution in [0.5, 0.6) is 0 Å². The van der Waals surface area contributed by atoms with Gasteiger partial charge in [-0.05, 0) is 49.1 Å². The van der Waals surface area contributed by atoms with E-state index >= 15 is 0 Å². The van der Waals surface area contributed by atoms with Gasteiger partial charge in [-0.15, -0.1) is 0 Å². The second-order valence-electron chi connectivity index (χ2n) is 7.23. The van der Waals surface area contributed by atoms with Crippen molar-refractivity contribution in [2.75, 3.05) is 19.6 Å². The Kier molecular flexibility index (Phi) is 4.92. The number of nitrogens with zero attached hydrogens (tertiary/aromatic N) is 3. The van der Waals surface area contributed by atoms with Crippen LogP contribution < -0.4 is 0 Å². The summed E-state index contributed by atoms with van der Waals surface area (Å²) in [5, 5.41) is 0.255. The minimum absolute atomic E-state index is 0.124. The molecule has 2 bridgehead atoms. The predicted molar refractivity (Wildman–Crippen MR) is 98.5 cm³/mol. The Balaban J connectivity index is 1.52. The Morgan fingerprint density at radius 3 is 2.85 bits per heavy atom. The number of pyridine rings is 1. The van der Waals surface area contributed by atoms with E-state index in [9.17, 15) is 9.18 Å². The molecule has 4 nitrogen and oxygen atoms in total. The number of piperidine rings is 1. The van der Waals surface area contributed by atoms with E-state index in [-0.39, 0.29) is 17.0 Å². The quantitative estimate of drug-likeness (QED) is 0.824. The van der Waals surface area contributed by atoms with E-state index in [4.69, 9.17) is 11.6 Å². The normalized spacial score (nSPS) is 23.1. The van der Waals surface area contributed by atoms with Gasteiger partial charge in [-0.1, -0.05) is 17.7 Å². The summed E-state index contributed by atoms with van der Waals surface area (Å²) in [6, 6.07) is 10.1. The van der Waals surface area contributed by atoms with Gasteiger partial charge in [0.25, 0.3) is 5.91 Å². The van der Waals surface area contributed by atoms with Gasteiger partial charge in [-0.3, -0.25) is 14.7 Å². The first-order valence-corrected chi connectivity index (χ1v) is 9.35. The molecule has 2 unspecified atom stereocenters. The second-order valence-corrected chi connectivity index (χ2v) is 7.66. The number of rotatable bonds is 3. The highest BCUT2D eigenvalue weighted by molar-refractivity contribution is 6.31. The number of fused-ring (bicyclic) bond motifs is 4. The van der Waals surface area contributed by atoms with Crippen molar-refractivity contribution in [2.24, 2.45) is 5.92 Å². The molecule has 1 amide bonds. The monoisotopic (exact) mass is 373 g/mol.